The summed E-state index contributed by atoms with van der Waals surface area (Å²) in [5.74, 6) is -6.37. The maximum absolute atomic E-state index is 13.2. The molecular formula is C31H38O11. The van der Waals surface area contributed by atoms with Gasteiger partial charge in [0.1, 0.15) is 23.9 Å². The quantitative estimate of drug-likeness (QED) is 0.400. The molecule has 228 valence electrons. The van der Waals surface area contributed by atoms with Crippen molar-refractivity contribution < 1.29 is 52.4 Å². The van der Waals surface area contributed by atoms with Crippen LogP contribution in [0.1, 0.15) is 72.5 Å². The number of carbonyl (C=O) groups is 4. The van der Waals surface area contributed by atoms with Gasteiger partial charge in [-0.15, -0.1) is 0 Å². The zero-order valence-electron chi connectivity index (χ0n) is 24.9. The van der Waals surface area contributed by atoms with Crippen LogP contribution in [0.2, 0.25) is 0 Å². The number of cyclic esters (lactones) is 1. The molecule has 0 amide bonds. The standard InChI is InChI=1S/C31H38O11/c1-15(32)39-25-23-26(40-16(2)33)30-18(29(6,31(23,36)42-30)19(27(25,3)4)12-21(34)37-7)8-10-28(5)20(30)13-22(35)41-24(28)17-9-11-38-14-17/h9,11,13-14,18-19,23-26,36H,8,10,12H2,1-7H3/t18-,19+,23+,24+,25-,26-,28-,29-,30-,31+/m1/s1. The lowest BCUT2D eigenvalue weighted by atomic mass is 9.37. The maximum atomic E-state index is 13.2. The molecule has 1 aromatic rings. The highest BCUT2D eigenvalue weighted by molar-refractivity contribution is 5.85. The maximum Gasteiger partial charge on any atom is 0.331 e. The molecular weight excluding hydrogens is 548 g/mol. The zero-order chi connectivity index (χ0) is 30.6. The molecule has 2 saturated carbocycles. The van der Waals surface area contributed by atoms with E-state index in [9.17, 15) is 24.3 Å². The highest BCUT2D eigenvalue weighted by Gasteiger charge is 2.90. The van der Waals surface area contributed by atoms with Gasteiger partial charge in [0.25, 0.3) is 0 Å². The van der Waals surface area contributed by atoms with Crippen molar-refractivity contribution in [3.8, 4) is 0 Å². The Kier molecular flexibility index (Phi) is 6.14. The normalized spacial score (nSPS) is 44.3. The molecule has 0 unspecified atom stereocenters. The van der Waals surface area contributed by atoms with Crippen molar-refractivity contribution in [2.24, 2.45) is 34.0 Å². The molecule has 1 N–H and O–H groups in total. The van der Waals surface area contributed by atoms with E-state index < -0.39 is 87.6 Å². The number of methoxy groups -OCH3 is 1. The Morgan fingerprint density at radius 1 is 1.07 bits per heavy atom. The van der Waals surface area contributed by atoms with Crippen LogP contribution in [0.15, 0.2) is 34.7 Å². The molecule has 1 spiro atoms. The first-order valence-electron chi connectivity index (χ1n) is 14.4. The van der Waals surface area contributed by atoms with Crippen LogP contribution in [0.4, 0.5) is 0 Å². The Balaban J connectivity index is 1.62. The van der Waals surface area contributed by atoms with Gasteiger partial charge in [-0.1, -0.05) is 27.7 Å². The lowest BCUT2D eigenvalue weighted by Crippen LogP contribution is -2.75. The summed E-state index contributed by atoms with van der Waals surface area (Å²) in [6.45, 7) is 10.2. The molecule has 10 atom stereocenters. The number of aliphatic hydroxyl groups is 1. The van der Waals surface area contributed by atoms with Crippen molar-refractivity contribution in [3.63, 3.8) is 0 Å². The average Bonchev–Trinajstić information content (AvgIpc) is 3.56. The van der Waals surface area contributed by atoms with E-state index >= 15 is 0 Å². The minimum Gasteiger partial charge on any atom is -0.472 e. The first-order valence-corrected chi connectivity index (χ1v) is 14.4. The molecule has 0 radical (unpaired) electrons. The fourth-order valence-electron chi connectivity index (χ4n) is 9.79. The number of esters is 4. The SMILES string of the molecule is COC(=O)C[C@H]1C(C)(C)[C@H](OC(C)=O)[C@H]2[C@@H](OC(C)=O)[C@@]34O[C@]2(O)[C@]1(C)[C@H]3CC[C@]1(C)C4=CC(=O)O[C@H]1c1ccoc1. The van der Waals surface area contributed by atoms with Crippen molar-refractivity contribution >= 4 is 23.9 Å². The van der Waals surface area contributed by atoms with Crippen LogP contribution in [0.3, 0.4) is 0 Å². The average molecular weight is 587 g/mol. The topological polar surface area (TPSA) is 148 Å². The molecule has 11 heteroatoms. The molecule has 5 aliphatic rings. The minimum atomic E-state index is -2.00. The number of carbonyl (C=O) groups excluding carboxylic acids is 4. The monoisotopic (exact) mass is 586 g/mol. The van der Waals surface area contributed by atoms with Crippen molar-refractivity contribution in [1.82, 2.24) is 0 Å². The fourth-order valence-corrected chi connectivity index (χ4v) is 9.79. The Hall–Kier alpha value is -3.18. The van der Waals surface area contributed by atoms with Gasteiger partial charge < -0.3 is 33.2 Å². The third-order valence-corrected chi connectivity index (χ3v) is 11.3. The molecule has 11 nitrogen and oxygen atoms in total. The van der Waals surface area contributed by atoms with E-state index in [-0.39, 0.29) is 6.42 Å². The summed E-state index contributed by atoms with van der Waals surface area (Å²) in [6.07, 6.45) is 2.55. The van der Waals surface area contributed by atoms with Gasteiger partial charge in [-0.25, -0.2) is 4.79 Å². The first-order chi connectivity index (χ1) is 19.6. The van der Waals surface area contributed by atoms with Crippen LogP contribution in [-0.4, -0.2) is 59.7 Å². The predicted octanol–water partition coefficient (Wildman–Crippen LogP) is 3.40. The van der Waals surface area contributed by atoms with E-state index in [2.05, 4.69) is 0 Å². The van der Waals surface area contributed by atoms with E-state index in [4.69, 9.17) is 28.1 Å². The summed E-state index contributed by atoms with van der Waals surface area (Å²) >= 11 is 0. The minimum absolute atomic E-state index is 0.0725. The van der Waals surface area contributed by atoms with Crippen LogP contribution in [-0.2, 0) is 42.9 Å². The van der Waals surface area contributed by atoms with E-state index in [1.807, 2.05) is 27.7 Å². The molecule has 1 aromatic heterocycles. The van der Waals surface area contributed by atoms with Gasteiger partial charge in [0.15, 0.2) is 5.79 Å². The number of furan rings is 1. The number of rotatable bonds is 5. The lowest BCUT2D eigenvalue weighted by Gasteiger charge is -2.66. The second kappa shape index (κ2) is 8.92. The predicted molar refractivity (Wildman–Crippen MR) is 142 cm³/mol. The molecule has 3 aliphatic heterocycles. The third-order valence-electron chi connectivity index (χ3n) is 11.3. The van der Waals surface area contributed by atoms with Crippen molar-refractivity contribution in [2.75, 3.05) is 7.11 Å². The van der Waals surface area contributed by atoms with Gasteiger partial charge in [0.2, 0.25) is 0 Å². The Morgan fingerprint density at radius 3 is 2.33 bits per heavy atom. The molecule has 2 saturated heterocycles. The van der Waals surface area contributed by atoms with E-state index in [0.717, 1.165) is 0 Å². The molecule has 6 rings (SSSR count). The van der Waals surface area contributed by atoms with Crippen molar-refractivity contribution in [2.45, 2.75) is 90.5 Å². The summed E-state index contributed by atoms with van der Waals surface area (Å²) < 4.78 is 35.2. The Morgan fingerprint density at radius 2 is 1.74 bits per heavy atom. The second-order valence-electron chi connectivity index (χ2n) is 13.6. The zero-order valence-corrected chi connectivity index (χ0v) is 24.9. The molecule has 4 fully saturated rings. The first kappa shape index (κ1) is 28.9. The lowest BCUT2D eigenvalue weighted by molar-refractivity contribution is -0.326. The Labute approximate surface area is 243 Å². The number of hydrogen-bond acceptors (Lipinski definition) is 11. The van der Waals surface area contributed by atoms with Crippen molar-refractivity contribution in [3.05, 3.63) is 35.8 Å². The van der Waals surface area contributed by atoms with Crippen molar-refractivity contribution in [1.29, 1.82) is 0 Å². The van der Waals surface area contributed by atoms with Gasteiger partial charge in [-0.2, -0.15) is 0 Å². The molecule has 2 aliphatic carbocycles. The van der Waals surface area contributed by atoms with Gasteiger partial charge in [0.05, 0.1) is 25.6 Å². The van der Waals surface area contributed by atoms with Crippen LogP contribution in [0, 0.1) is 34.0 Å². The van der Waals surface area contributed by atoms with Gasteiger partial charge >= 0.3 is 23.9 Å². The molecule has 4 heterocycles. The highest BCUT2D eigenvalue weighted by Crippen LogP contribution is 2.81. The summed E-state index contributed by atoms with van der Waals surface area (Å²) in [4.78, 5) is 51.4. The second-order valence-corrected chi connectivity index (χ2v) is 13.6. The summed E-state index contributed by atoms with van der Waals surface area (Å²) in [6, 6.07) is 1.74. The number of ether oxygens (including phenoxy) is 5. The molecule has 2 bridgehead atoms. The fraction of sp³-hybridized carbons (Fsp3) is 0.677. The van der Waals surface area contributed by atoms with Crippen LogP contribution in [0.25, 0.3) is 0 Å². The molecule has 0 aromatic carbocycles. The summed E-state index contributed by atoms with van der Waals surface area (Å²) in [5, 5.41) is 12.8. The van der Waals surface area contributed by atoms with Crippen LogP contribution < -0.4 is 0 Å². The Bertz CT molecular complexity index is 1380. The van der Waals surface area contributed by atoms with E-state index in [1.54, 1.807) is 6.07 Å². The highest BCUT2D eigenvalue weighted by atomic mass is 16.7. The van der Waals surface area contributed by atoms with Gasteiger partial charge in [-0.05, 0) is 30.4 Å². The molecule has 42 heavy (non-hydrogen) atoms. The number of hydrogen-bond donors (Lipinski definition) is 1. The summed E-state index contributed by atoms with van der Waals surface area (Å²) in [7, 11) is 1.30. The van der Waals surface area contributed by atoms with Gasteiger partial charge in [0, 0.05) is 54.1 Å². The van der Waals surface area contributed by atoms with E-state index in [1.165, 1.54) is 39.6 Å². The largest absolute Gasteiger partial charge is 0.472 e. The third kappa shape index (κ3) is 3.35. The van der Waals surface area contributed by atoms with Crippen LogP contribution in [0.5, 0.6) is 0 Å². The van der Waals surface area contributed by atoms with E-state index in [0.29, 0.717) is 24.0 Å². The van der Waals surface area contributed by atoms with Crippen LogP contribution >= 0.6 is 0 Å². The number of fused-ring (bicyclic) bond motifs is 2. The van der Waals surface area contributed by atoms with Gasteiger partial charge in [-0.3, -0.25) is 14.4 Å². The smallest absolute Gasteiger partial charge is 0.331 e. The summed E-state index contributed by atoms with van der Waals surface area (Å²) in [5.41, 5.74) is -3.08.